The fourth-order valence-corrected chi connectivity index (χ4v) is 2.94. The smallest absolute Gasteiger partial charge is 0.318 e. The Morgan fingerprint density at radius 1 is 1.36 bits per heavy atom. The number of hydrogen-bond donors (Lipinski definition) is 2. The molecule has 1 atom stereocenters. The third kappa shape index (κ3) is 4.21. The van der Waals surface area contributed by atoms with Crippen LogP contribution in [0.3, 0.4) is 0 Å². The molecule has 1 aliphatic rings. The third-order valence-electron chi connectivity index (χ3n) is 4.15. The van der Waals surface area contributed by atoms with Crippen molar-refractivity contribution in [2.24, 2.45) is 0 Å². The van der Waals surface area contributed by atoms with Crippen molar-refractivity contribution in [3.63, 3.8) is 0 Å². The van der Waals surface area contributed by atoms with Crippen molar-refractivity contribution >= 4 is 6.03 Å². The zero-order valence-electron chi connectivity index (χ0n) is 13.3. The van der Waals surface area contributed by atoms with Crippen LogP contribution in [0.2, 0.25) is 0 Å². The van der Waals surface area contributed by atoms with Gasteiger partial charge in [-0.05, 0) is 36.8 Å². The first kappa shape index (κ1) is 16.8. The number of amides is 2. The molecule has 1 unspecified atom stereocenters. The molecule has 5 nitrogen and oxygen atoms in total. The number of unbranched alkanes of at least 4 members (excludes halogenated alkanes) is 2. The van der Waals surface area contributed by atoms with Crippen LogP contribution in [-0.2, 0) is 11.2 Å². The molecule has 22 heavy (non-hydrogen) atoms. The molecular formula is C17H26N2O3. The van der Waals surface area contributed by atoms with E-state index < -0.39 is 0 Å². The average Bonchev–Trinajstić information content (AvgIpc) is 2.56. The summed E-state index contributed by atoms with van der Waals surface area (Å²) in [4.78, 5) is 14.1. The number of ether oxygens (including phenoxy) is 1. The zero-order chi connectivity index (χ0) is 15.8. The minimum Gasteiger partial charge on any atom is -0.394 e. The van der Waals surface area contributed by atoms with Crippen LogP contribution in [0, 0.1) is 0 Å². The van der Waals surface area contributed by atoms with Crippen molar-refractivity contribution in [2.75, 3.05) is 33.4 Å². The predicted octanol–water partition coefficient (Wildman–Crippen LogP) is 2.10. The van der Waals surface area contributed by atoms with E-state index in [9.17, 15) is 9.90 Å². The van der Waals surface area contributed by atoms with Crippen molar-refractivity contribution in [3.05, 3.63) is 35.4 Å². The number of fused-ring (bicyclic) bond motifs is 1. The molecule has 0 bridgehead atoms. The van der Waals surface area contributed by atoms with Crippen LogP contribution in [-0.4, -0.2) is 49.5 Å². The van der Waals surface area contributed by atoms with Gasteiger partial charge in [0.05, 0.1) is 12.6 Å². The van der Waals surface area contributed by atoms with Gasteiger partial charge in [-0.15, -0.1) is 0 Å². The van der Waals surface area contributed by atoms with Crippen molar-refractivity contribution in [1.29, 1.82) is 0 Å². The number of benzene rings is 1. The summed E-state index contributed by atoms with van der Waals surface area (Å²) in [5.41, 5.74) is 2.29. The molecule has 0 fully saturated rings. The Balaban J connectivity index is 1.85. The highest BCUT2D eigenvalue weighted by Gasteiger charge is 2.29. The van der Waals surface area contributed by atoms with Crippen LogP contribution in [0.5, 0.6) is 0 Å². The largest absolute Gasteiger partial charge is 0.394 e. The first-order valence-corrected chi connectivity index (χ1v) is 8.00. The van der Waals surface area contributed by atoms with Gasteiger partial charge < -0.3 is 20.1 Å². The number of rotatable bonds is 7. The maximum Gasteiger partial charge on any atom is 0.318 e. The van der Waals surface area contributed by atoms with Crippen molar-refractivity contribution in [2.45, 2.75) is 31.7 Å². The van der Waals surface area contributed by atoms with Crippen molar-refractivity contribution in [3.8, 4) is 0 Å². The molecule has 1 aromatic rings. The van der Waals surface area contributed by atoms with Crippen LogP contribution in [0.25, 0.3) is 0 Å². The van der Waals surface area contributed by atoms with Gasteiger partial charge in [-0.1, -0.05) is 24.3 Å². The lowest BCUT2D eigenvalue weighted by Crippen LogP contribution is -2.47. The maximum absolute atomic E-state index is 12.3. The quantitative estimate of drug-likeness (QED) is 0.758. The first-order chi connectivity index (χ1) is 10.8. The highest BCUT2D eigenvalue weighted by molar-refractivity contribution is 5.75. The molecule has 0 aromatic heterocycles. The van der Waals surface area contributed by atoms with Gasteiger partial charge in [-0.3, -0.25) is 0 Å². The number of aliphatic hydroxyl groups excluding tert-OH is 1. The van der Waals surface area contributed by atoms with E-state index in [1.807, 2.05) is 18.2 Å². The van der Waals surface area contributed by atoms with E-state index in [0.29, 0.717) is 13.1 Å². The third-order valence-corrected chi connectivity index (χ3v) is 4.15. The minimum atomic E-state index is -0.238. The Morgan fingerprint density at radius 2 is 2.18 bits per heavy atom. The van der Waals surface area contributed by atoms with Crippen molar-refractivity contribution < 1.29 is 14.6 Å². The Labute approximate surface area is 132 Å². The molecule has 1 aliphatic heterocycles. The Hall–Kier alpha value is -1.59. The second kappa shape index (κ2) is 8.76. The SMILES string of the molecule is COCCCCCNC(=O)N1CCc2ccccc2C1CO. The molecule has 2 amide bonds. The fourth-order valence-electron chi connectivity index (χ4n) is 2.94. The lowest BCUT2D eigenvalue weighted by atomic mass is 9.93. The molecule has 0 saturated carbocycles. The van der Waals surface area contributed by atoms with Gasteiger partial charge in [-0.25, -0.2) is 4.79 Å². The van der Waals surface area contributed by atoms with Gasteiger partial charge >= 0.3 is 6.03 Å². The maximum atomic E-state index is 12.3. The summed E-state index contributed by atoms with van der Waals surface area (Å²) in [7, 11) is 1.70. The van der Waals surface area contributed by atoms with Crippen LogP contribution in [0.4, 0.5) is 4.79 Å². The summed E-state index contributed by atoms with van der Waals surface area (Å²) in [6.45, 7) is 2.04. The lowest BCUT2D eigenvalue weighted by molar-refractivity contribution is 0.127. The summed E-state index contributed by atoms with van der Waals surface area (Å²) >= 11 is 0. The van der Waals surface area contributed by atoms with E-state index in [2.05, 4.69) is 11.4 Å². The number of carbonyl (C=O) groups excluding carboxylic acids is 1. The number of hydrogen-bond acceptors (Lipinski definition) is 3. The average molecular weight is 306 g/mol. The Bertz CT molecular complexity index is 479. The van der Waals surface area contributed by atoms with Crippen LogP contribution in [0.15, 0.2) is 24.3 Å². The lowest BCUT2D eigenvalue weighted by Gasteiger charge is -2.36. The molecule has 2 N–H and O–H groups in total. The van der Waals surface area contributed by atoms with Crippen LogP contribution >= 0.6 is 0 Å². The van der Waals surface area contributed by atoms with E-state index >= 15 is 0 Å². The fraction of sp³-hybridized carbons (Fsp3) is 0.588. The van der Waals surface area contributed by atoms with Crippen molar-refractivity contribution in [1.82, 2.24) is 10.2 Å². The summed E-state index contributed by atoms with van der Waals surface area (Å²) < 4.78 is 5.00. The number of nitrogens with zero attached hydrogens (tertiary/aromatic N) is 1. The second-order valence-corrected chi connectivity index (χ2v) is 5.63. The van der Waals surface area contributed by atoms with Gasteiger partial charge in [0.2, 0.25) is 0 Å². The standard InChI is InChI=1S/C17H26N2O3/c1-22-12-6-2-5-10-18-17(21)19-11-9-14-7-3-4-8-15(14)16(19)13-20/h3-4,7-8,16,20H,2,5-6,9-13H2,1H3,(H,18,21). The van der Waals surface area contributed by atoms with E-state index in [1.54, 1.807) is 12.0 Å². The normalized spacial score (nSPS) is 17.2. The summed E-state index contributed by atoms with van der Waals surface area (Å²) in [6.07, 6.45) is 3.85. The molecule has 0 saturated heterocycles. The van der Waals surface area contributed by atoms with E-state index in [-0.39, 0.29) is 18.7 Å². The first-order valence-electron chi connectivity index (χ1n) is 8.00. The number of aliphatic hydroxyl groups is 1. The second-order valence-electron chi connectivity index (χ2n) is 5.63. The monoisotopic (exact) mass is 306 g/mol. The topological polar surface area (TPSA) is 61.8 Å². The van der Waals surface area contributed by atoms with Gasteiger partial charge in [0, 0.05) is 26.8 Å². The van der Waals surface area contributed by atoms with E-state index in [4.69, 9.17) is 4.74 Å². The molecule has 0 aliphatic carbocycles. The zero-order valence-corrected chi connectivity index (χ0v) is 13.3. The molecule has 5 heteroatoms. The summed E-state index contributed by atoms with van der Waals surface area (Å²) in [6, 6.07) is 7.71. The van der Waals surface area contributed by atoms with E-state index in [1.165, 1.54) is 5.56 Å². The minimum absolute atomic E-state index is 0.0434. The summed E-state index contributed by atoms with van der Waals surface area (Å²) in [5, 5.41) is 12.6. The van der Waals surface area contributed by atoms with Gasteiger partial charge in [0.25, 0.3) is 0 Å². The molecule has 0 radical (unpaired) electrons. The number of urea groups is 1. The Kier molecular flexibility index (Phi) is 6.68. The number of nitrogens with one attached hydrogen (secondary N) is 1. The summed E-state index contributed by atoms with van der Waals surface area (Å²) in [5.74, 6) is 0. The Morgan fingerprint density at radius 3 is 2.95 bits per heavy atom. The number of carbonyl (C=O) groups is 1. The van der Waals surface area contributed by atoms with Gasteiger partial charge in [0.15, 0.2) is 0 Å². The van der Waals surface area contributed by atoms with Crippen LogP contribution in [0.1, 0.15) is 36.4 Å². The highest BCUT2D eigenvalue weighted by atomic mass is 16.5. The predicted molar refractivity (Wildman–Crippen MR) is 85.8 cm³/mol. The molecule has 122 valence electrons. The van der Waals surface area contributed by atoms with E-state index in [0.717, 1.165) is 37.9 Å². The molecule has 1 aromatic carbocycles. The number of methoxy groups -OCH3 is 1. The van der Waals surface area contributed by atoms with Crippen LogP contribution < -0.4 is 5.32 Å². The molecule has 2 rings (SSSR count). The molecule has 0 spiro atoms. The molecule has 1 heterocycles. The van der Waals surface area contributed by atoms with Gasteiger partial charge in [0.1, 0.15) is 0 Å². The van der Waals surface area contributed by atoms with Gasteiger partial charge in [-0.2, -0.15) is 0 Å². The molecular weight excluding hydrogens is 280 g/mol. The highest BCUT2D eigenvalue weighted by Crippen LogP contribution is 2.29.